The lowest BCUT2D eigenvalue weighted by Crippen LogP contribution is -2.61. The third-order valence-electron chi connectivity index (χ3n) is 4.31. The first kappa shape index (κ1) is 21.5. The minimum Gasteiger partial charge on any atom is -0.388 e. The van der Waals surface area contributed by atoms with Gasteiger partial charge in [0.25, 0.3) is 0 Å². The molecule has 5 atom stereocenters. The number of ether oxygens (including phenoxy) is 2. The number of aliphatic hydroxyl groups is 2. The fraction of sp³-hybridized carbons (Fsp3) is 0.389. The van der Waals surface area contributed by atoms with Gasteiger partial charge in [-0.3, -0.25) is 4.79 Å². The Bertz CT molecular complexity index is 895. The van der Waals surface area contributed by atoms with Crippen molar-refractivity contribution in [1.82, 2.24) is 20.3 Å². The number of carbonyl (C=O) groups excluding carboxylic acids is 1. The van der Waals surface area contributed by atoms with E-state index in [9.17, 15) is 19.4 Å². The molecule has 9 nitrogen and oxygen atoms in total. The number of aromatic nitrogens is 3. The molecule has 2 aromatic rings. The summed E-state index contributed by atoms with van der Waals surface area (Å²) in [6.07, 6.45) is -2.16. The molecule has 1 saturated heterocycles. The predicted octanol–water partition coefficient (Wildman–Crippen LogP) is 0.995. The van der Waals surface area contributed by atoms with Crippen molar-refractivity contribution in [3.05, 3.63) is 53.0 Å². The molecule has 2 heterocycles. The monoisotopic (exact) mass is 470 g/mol. The third kappa shape index (κ3) is 4.70. The number of amides is 1. The number of rotatable bonds is 6. The molecule has 1 fully saturated rings. The number of halogens is 2. The number of nitrogens with one attached hydrogen (secondary N) is 1. The van der Waals surface area contributed by atoms with E-state index in [0.29, 0.717) is 4.47 Å². The summed E-state index contributed by atoms with van der Waals surface area (Å²) in [4.78, 5) is 11.5. The van der Waals surface area contributed by atoms with Crippen LogP contribution >= 0.6 is 15.9 Å². The summed E-state index contributed by atoms with van der Waals surface area (Å²) in [6, 6.07) is 3.43. The van der Waals surface area contributed by atoms with Crippen LogP contribution in [0.1, 0.15) is 18.7 Å². The molecule has 1 aliphatic rings. The fourth-order valence-electron chi connectivity index (χ4n) is 2.99. The zero-order chi connectivity index (χ0) is 21.1. The van der Waals surface area contributed by atoms with Crippen molar-refractivity contribution in [2.24, 2.45) is 0 Å². The Kier molecular flexibility index (Phi) is 6.75. The van der Waals surface area contributed by atoms with Crippen LogP contribution in [0.5, 0.6) is 0 Å². The van der Waals surface area contributed by atoms with Crippen LogP contribution in [-0.4, -0.2) is 62.3 Å². The van der Waals surface area contributed by atoms with Crippen LogP contribution in [0.25, 0.3) is 5.69 Å². The van der Waals surface area contributed by atoms with Gasteiger partial charge in [0.05, 0.1) is 12.8 Å². The van der Waals surface area contributed by atoms with E-state index in [0.717, 1.165) is 0 Å². The molecule has 3 N–H and O–H groups in total. The summed E-state index contributed by atoms with van der Waals surface area (Å²) < 4.78 is 27.2. The maximum absolute atomic E-state index is 14.2. The third-order valence-corrected chi connectivity index (χ3v) is 4.80. The van der Waals surface area contributed by atoms with Crippen LogP contribution in [0.4, 0.5) is 4.39 Å². The molecule has 0 saturated carbocycles. The maximum Gasteiger partial charge on any atom is 0.217 e. The lowest BCUT2D eigenvalue weighted by molar-refractivity contribution is -0.265. The van der Waals surface area contributed by atoms with Gasteiger partial charge in [-0.25, -0.2) is 9.07 Å². The Balaban J connectivity index is 1.87. The summed E-state index contributed by atoms with van der Waals surface area (Å²) >= 11 is 3.18. The minimum atomic E-state index is -1.43. The van der Waals surface area contributed by atoms with E-state index in [1.807, 2.05) is 0 Å². The van der Waals surface area contributed by atoms with Gasteiger partial charge in [-0.2, -0.15) is 0 Å². The average Bonchev–Trinajstić information content (AvgIpc) is 3.14. The summed E-state index contributed by atoms with van der Waals surface area (Å²) in [7, 11) is 0. The lowest BCUT2D eigenvalue weighted by atomic mass is 9.95. The number of benzene rings is 1. The van der Waals surface area contributed by atoms with Gasteiger partial charge in [0.1, 0.15) is 41.6 Å². The van der Waals surface area contributed by atoms with Gasteiger partial charge in [0.15, 0.2) is 6.29 Å². The Morgan fingerprint density at radius 3 is 2.90 bits per heavy atom. The van der Waals surface area contributed by atoms with Gasteiger partial charge < -0.3 is 25.0 Å². The van der Waals surface area contributed by atoms with Gasteiger partial charge in [-0.15, -0.1) is 11.7 Å². The number of nitrogens with zero attached hydrogens (tertiary/aromatic N) is 3. The molecule has 156 valence electrons. The van der Waals surface area contributed by atoms with Crippen molar-refractivity contribution >= 4 is 21.8 Å². The van der Waals surface area contributed by atoms with Gasteiger partial charge in [0, 0.05) is 11.4 Å². The first-order valence-electron chi connectivity index (χ1n) is 8.70. The standard InChI is InChI=1S/C18H20BrFN4O5/c1-3-6-28-18-14(21-9(2)25)15(26)16(27)17(29-18)12-8-24(23-22-12)13-5-4-10(19)7-11(13)20/h3-5,7-8,14-18,26-27H,1,6H2,2H3,(H,21,25)/t14-,15-,16-,17-,18+/m1/s1. The molecular formula is C18H20BrFN4O5. The molecule has 29 heavy (non-hydrogen) atoms. The average molecular weight is 471 g/mol. The predicted molar refractivity (Wildman–Crippen MR) is 102 cm³/mol. The maximum atomic E-state index is 14.2. The Hall–Kier alpha value is -2.18. The van der Waals surface area contributed by atoms with Crippen molar-refractivity contribution in [2.45, 2.75) is 37.6 Å². The molecule has 11 heteroatoms. The summed E-state index contributed by atoms with van der Waals surface area (Å²) in [5.41, 5.74) is 0.306. The Morgan fingerprint density at radius 2 is 2.24 bits per heavy atom. The van der Waals surface area contributed by atoms with E-state index < -0.39 is 42.4 Å². The van der Waals surface area contributed by atoms with Crippen LogP contribution in [0.3, 0.4) is 0 Å². The largest absolute Gasteiger partial charge is 0.388 e. The molecule has 3 rings (SSSR count). The number of aliphatic hydroxyl groups excluding tert-OH is 2. The first-order chi connectivity index (χ1) is 13.8. The van der Waals surface area contributed by atoms with Crippen LogP contribution in [0.15, 0.2) is 41.5 Å². The zero-order valence-electron chi connectivity index (χ0n) is 15.4. The fourth-order valence-corrected chi connectivity index (χ4v) is 3.33. The summed E-state index contributed by atoms with van der Waals surface area (Å²) in [6.45, 7) is 4.91. The van der Waals surface area contributed by atoms with Crippen LogP contribution in [-0.2, 0) is 14.3 Å². The highest BCUT2D eigenvalue weighted by atomic mass is 79.9. The highest BCUT2D eigenvalue weighted by Crippen LogP contribution is 2.32. The zero-order valence-corrected chi connectivity index (χ0v) is 17.0. The summed E-state index contributed by atoms with van der Waals surface area (Å²) in [5.74, 6) is -0.953. The normalized spacial score (nSPS) is 26.9. The van der Waals surface area contributed by atoms with E-state index in [4.69, 9.17) is 9.47 Å². The molecule has 1 amide bonds. The summed E-state index contributed by atoms with van der Waals surface area (Å²) in [5, 5.41) is 31.4. The topological polar surface area (TPSA) is 119 Å². The molecule has 0 unspecified atom stereocenters. The first-order valence-corrected chi connectivity index (χ1v) is 9.50. The second-order valence-corrected chi connectivity index (χ2v) is 7.35. The van der Waals surface area contributed by atoms with Crippen LogP contribution < -0.4 is 5.32 Å². The molecule has 1 aromatic heterocycles. The second-order valence-electron chi connectivity index (χ2n) is 6.44. The van der Waals surface area contributed by atoms with Crippen LogP contribution in [0, 0.1) is 5.82 Å². The lowest BCUT2D eigenvalue weighted by Gasteiger charge is -2.41. The highest BCUT2D eigenvalue weighted by Gasteiger charge is 2.47. The van der Waals surface area contributed by atoms with E-state index in [2.05, 4.69) is 38.1 Å². The number of hydrogen-bond acceptors (Lipinski definition) is 7. The van der Waals surface area contributed by atoms with E-state index in [1.54, 1.807) is 6.07 Å². The molecular weight excluding hydrogens is 451 g/mol. The smallest absolute Gasteiger partial charge is 0.217 e. The van der Waals surface area contributed by atoms with Crippen molar-refractivity contribution < 1.29 is 28.9 Å². The van der Waals surface area contributed by atoms with Crippen molar-refractivity contribution in [1.29, 1.82) is 0 Å². The molecule has 1 aromatic carbocycles. The second kappa shape index (κ2) is 9.09. The highest BCUT2D eigenvalue weighted by molar-refractivity contribution is 9.10. The Labute approximate surface area is 174 Å². The number of hydrogen-bond donors (Lipinski definition) is 3. The van der Waals surface area contributed by atoms with Gasteiger partial charge in [-0.05, 0) is 18.2 Å². The molecule has 0 aliphatic carbocycles. The van der Waals surface area contributed by atoms with E-state index in [-0.39, 0.29) is 18.0 Å². The number of carbonyl (C=O) groups is 1. The van der Waals surface area contributed by atoms with Crippen molar-refractivity contribution in [3.63, 3.8) is 0 Å². The molecule has 1 aliphatic heterocycles. The van der Waals surface area contributed by atoms with Gasteiger partial charge in [0.2, 0.25) is 5.91 Å². The van der Waals surface area contributed by atoms with Crippen molar-refractivity contribution in [3.8, 4) is 5.69 Å². The molecule has 0 spiro atoms. The Morgan fingerprint density at radius 1 is 1.48 bits per heavy atom. The van der Waals surface area contributed by atoms with E-state index >= 15 is 0 Å². The molecule has 0 radical (unpaired) electrons. The van der Waals surface area contributed by atoms with Crippen LogP contribution in [0.2, 0.25) is 0 Å². The SMILES string of the molecule is C=CCO[C@H]1O[C@H](c2cn(-c3ccc(Br)cc3F)nn2)[C@H](O)[C@H](O)[C@H]1NC(C)=O. The molecule has 0 bridgehead atoms. The van der Waals surface area contributed by atoms with E-state index in [1.165, 1.54) is 36.0 Å². The van der Waals surface area contributed by atoms with Gasteiger partial charge >= 0.3 is 0 Å². The minimum absolute atomic E-state index is 0.0904. The van der Waals surface area contributed by atoms with Crippen molar-refractivity contribution in [2.75, 3.05) is 6.61 Å². The van der Waals surface area contributed by atoms with Gasteiger partial charge in [-0.1, -0.05) is 27.2 Å². The quantitative estimate of drug-likeness (QED) is 0.538.